The first-order valence-electron chi connectivity index (χ1n) is 11.8. The summed E-state index contributed by atoms with van der Waals surface area (Å²) in [5, 5.41) is 13.3. The van der Waals surface area contributed by atoms with Crippen molar-refractivity contribution >= 4 is 17.5 Å². The summed E-state index contributed by atoms with van der Waals surface area (Å²) in [7, 11) is 1.40. The summed E-state index contributed by atoms with van der Waals surface area (Å²) in [6, 6.07) is 13.2. The maximum atomic E-state index is 13.4. The number of pyridine rings is 1. The molecule has 1 atom stereocenters. The molecule has 0 spiro atoms. The number of methoxy groups -OCH3 is 1. The highest BCUT2D eigenvalue weighted by Crippen LogP contribution is 2.32. The Morgan fingerprint density at radius 1 is 1.09 bits per heavy atom. The normalized spacial score (nSPS) is 15.6. The van der Waals surface area contributed by atoms with Crippen LogP contribution in [0.15, 0.2) is 48.7 Å². The van der Waals surface area contributed by atoms with Gasteiger partial charge in [0.2, 0.25) is 0 Å². The van der Waals surface area contributed by atoms with Gasteiger partial charge in [0.25, 0.3) is 5.91 Å². The molecule has 1 aromatic carbocycles. The molecular weight excluding hydrogens is 444 g/mol. The lowest BCUT2D eigenvalue weighted by atomic mass is 10.1. The fraction of sp³-hybridized carbons (Fsp3) is 0.346. The van der Waals surface area contributed by atoms with Crippen LogP contribution in [0.2, 0.25) is 0 Å². The summed E-state index contributed by atoms with van der Waals surface area (Å²) >= 11 is 0. The fourth-order valence-corrected chi connectivity index (χ4v) is 4.89. The monoisotopic (exact) mass is 472 g/mol. The van der Waals surface area contributed by atoms with Crippen LogP contribution in [0.25, 0.3) is 11.3 Å². The van der Waals surface area contributed by atoms with Gasteiger partial charge < -0.3 is 9.64 Å². The number of aryl methyl sites for hydroxylation is 1. The van der Waals surface area contributed by atoms with Gasteiger partial charge in [-0.25, -0.2) is 4.68 Å². The van der Waals surface area contributed by atoms with Crippen molar-refractivity contribution in [3.05, 3.63) is 77.0 Å². The number of hydrogen-bond acceptors (Lipinski definition) is 6. The smallest absolute Gasteiger partial charge is 0.305 e. The molecule has 1 aliphatic rings. The lowest BCUT2D eigenvalue weighted by molar-refractivity contribution is -0.140. The van der Waals surface area contributed by atoms with Crippen molar-refractivity contribution in [1.29, 1.82) is 0 Å². The second-order valence-corrected chi connectivity index (χ2v) is 8.83. The first-order chi connectivity index (χ1) is 17.0. The number of hydrogen-bond donors (Lipinski definition) is 0. The lowest BCUT2D eigenvalue weighted by Gasteiger charge is -2.23. The first-order valence-corrected chi connectivity index (χ1v) is 11.8. The Hall–Kier alpha value is -4.01. The van der Waals surface area contributed by atoms with E-state index in [9.17, 15) is 9.59 Å². The van der Waals surface area contributed by atoms with Crippen LogP contribution in [0, 0.1) is 13.8 Å². The number of nitrogens with zero attached hydrogens (tertiary/aromatic N) is 6. The molecule has 9 nitrogen and oxygen atoms in total. The highest BCUT2D eigenvalue weighted by molar-refractivity contribution is 5.94. The minimum atomic E-state index is -0.237. The number of amides is 1. The van der Waals surface area contributed by atoms with Crippen LogP contribution < -0.4 is 0 Å². The highest BCUT2D eigenvalue weighted by atomic mass is 16.5. The van der Waals surface area contributed by atoms with Crippen LogP contribution in [-0.2, 0) is 16.0 Å². The van der Waals surface area contributed by atoms with E-state index in [-0.39, 0.29) is 17.9 Å². The molecule has 3 aromatic heterocycles. The predicted molar refractivity (Wildman–Crippen MR) is 129 cm³/mol. The van der Waals surface area contributed by atoms with E-state index in [2.05, 4.69) is 15.3 Å². The van der Waals surface area contributed by atoms with Crippen LogP contribution in [0.4, 0.5) is 0 Å². The molecule has 35 heavy (non-hydrogen) atoms. The molecule has 0 bridgehead atoms. The number of benzene rings is 1. The number of carbonyl (C=O) groups is 2. The zero-order valence-corrected chi connectivity index (χ0v) is 20.1. The molecule has 0 radical (unpaired) electrons. The molecule has 5 rings (SSSR count). The largest absolute Gasteiger partial charge is 0.469 e. The number of fused-ring (bicyclic) bond motifs is 1. The Bertz CT molecular complexity index is 1390. The molecule has 0 N–H and O–H groups in total. The maximum absolute atomic E-state index is 13.4. The second-order valence-electron chi connectivity index (χ2n) is 8.83. The number of aromatic nitrogens is 5. The zero-order valence-electron chi connectivity index (χ0n) is 20.1. The number of esters is 1. The highest BCUT2D eigenvalue weighted by Gasteiger charge is 2.33. The number of rotatable bonds is 6. The van der Waals surface area contributed by atoms with Crippen molar-refractivity contribution in [2.24, 2.45) is 0 Å². The third-order valence-corrected chi connectivity index (χ3v) is 6.76. The van der Waals surface area contributed by atoms with Crippen LogP contribution in [0.5, 0.6) is 0 Å². The van der Waals surface area contributed by atoms with Crippen molar-refractivity contribution < 1.29 is 14.3 Å². The Balaban J connectivity index is 1.36. The van der Waals surface area contributed by atoms with Gasteiger partial charge in [-0.2, -0.15) is 5.10 Å². The molecule has 1 amide bonds. The van der Waals surface area contributed by atoms with E-state index in [0.717, 1.165) is 47.0 Å². The van der Waals surface area contributed by atoms with Gasteiger partial charge in [-0.05, 0) is 75.1 Å². The van der Waals surface area contributed by atoms with Gasteiger partial charge in [-0.15, -0.1) is 10.2 Å². The van der Waals surface area contributed by atoms with Crippen molar-refractivity contribution in [3.63, 3.8) is 0 Å². The van der Waals surface area contributed by atoms with Gasteiger partial charge in [-0.3, -0.25) is 14.0 Å². The predicted octanol–water partition coefficient (Wildman–Crippen LogP) is 3.61. The Kier molecular flexibility index (Phi) is 6.07. The van der Waals surface area contributed by atoms with E-state index < -0.39 is 0 Å². The molecule has 0 aliphatic carbocycles. The van der Waals surface area contributed by atoms with E-state index in [1.807, 2.05) is 76.5 Å². The van der Waals surface area contributed by atoms with Crippen molar-refractivity contribution in [3.8, 4) is 5.69 Å². The van der Waals surface area contributed by atoms with Crippen LogP contribution in [0.1, 0.15) is 58.4 Å². The van der Waals surface area contributed by atoms with Gasteiger partial charge in [0.05, 0.1) is 24.5 Å². The van der Waals surface area contributed by atoms with E-state index >= 15 is 0 Å². The second kappa shape index (κ2) is 9.32. The fourth-order valence-electron chi connectivity index (χ4n) is 4.89. The third-order valence-electron chi connectivity index (χ3n) is 6.76. The first kappa shape index (κ1) is 22.8. The van der Waals surface area contributed by atoms with Gasteiger partial charge in [0.15, 0.2) is 11.5 Å². The average molecular weight is 473 g/mol. The van der Waals surface area contributed by atoms with Crippen LogP contribution in [-0.4, -0.2) is 54.8 Å². The summed E-state index contributed by atoms with van der Waals surface area (Å²) < 4.78 is 8.58. The van der Waals surface area contributed by atoms with Crippen molar-refractivity contribution in [2.45, 2.75) is 45.6 Å². The van der Waals surface area contributed by atoms with Gasteiger partial charge in [0, 0.05) is 30.4 Å². The van der Waals surface area contributed by atoms with Crippen LogP contribution >= 0.6 is 0 Å². The Morgan fingerprint density at radius 3 is 2.66 bits per heavy atom. The van der Waals surface area contributed by atoms with Gasteiger partial charge in [-0.1, -0.05) is 6.07 Å². The summed E-state index contributed by atoms with van der Waals surface area (Å²) in [5.74, 6) is 0.544. The van der Waals surface area contributed by atoms with E-state index in [1.165, 1.54) is 7.11 Å². The molecule has 1 unspecified atom stereocenters. The number of ether oxygens (including phenoxy) is 1. The molecule has 1 aliphatic heterocycles. The van der Waals surface area contributed by atoms with Crippen molar-refractivity contribution in [2.75, 3.05) is 13.7 Å². The Morgan fingerprint density at radius 2 is 1.89 bits per heavy atom. The molecule has 9 heteroatoms. The molecule has 1 fully saturated rings. The minimum Gasteiger partial charge on any atom is -0.469 e. The summed E-state index contributed by atoms with van der Waals surface area (Å²) in [5.41, 5.74) is 5.17. The average Bonchev–Trinajstić information content (AvgIpc) is 3.59. The molecule has 0 saturated carbocycles. The lowest BCUT2D eigenvalue weighted by Crippen LogP contribution is -2.31. The van der Waals surface area contributed by atoms with Crippen LogP contribution in [0.3, 0.4) is 0 Å². The molecular formula is C26H28N6O3. The Labute approximate surface area is 203 Å². The summed E-state index contributed by atoms with van der Waals surface area (Å²) in [4.78, 5) is 26.9. The SMILES string of the molecule is COC(=O)CCc1c(C)nn(-c2ccc(C(=O)N3CCCC3c3nnc4ccccn34)cc2)c1C. The molecule has 4 heterocycles. The molecule has 4 aromatic rings. The standard InChI is InChI=1S/C26H28N6O3/c1-17-21(13-14-24(33)35-3)18(2)32(29-17)20-11-9-19(10-12-20)26(34)30-16-6-7-22(30)25-28-27-23-8-4-5-15-31(23)25/h4-5,8-12,15,22H,6-7,13-14,16H2,1-3H3. The third kappa shape index (κ3) is 4.18. The number of carbonyl (C=O) groups excluding carboxylic acids is 2. The zero-order chi connectivity index (χ0) is 24.5. The number of likely N-dealkylation sites (tertiary alicyclic amines) is 1. The van der Waals surface area contributed by atoms with Crippen molar-refractivity contribution in [1.82, 2.24) is 29.3 Å². The summed E-state index contributed by atoms with van der Waals surface area (Å²) in [6.45, 7) is 4.62. The quantitative estimate of drug-likeness (QED) is 0.398. The summed E-state index contributed by atoms with van der Waals surface area (Å²) in [6.07, 6.45) is 4.62. The maximum Gasteiger partial charge on any atom is 0.305 e. The van der Waals surface area contributed by atoms with E-state index in [0.29, 0.717) is 24.9 Å². The molecule has 180 valence electrons. The van der Waals surface area contributed by atoms with E-state index in [1.54, 1.807) is 0 Å². The van der Waals surface area contributed by atoms with Gasteiger partial charge >= 0.3 is 5.97 Å². The topological polar surface area (TPSA) is 94.6 Å². The van der Waals surface area contributed by atoms with E-state index in [4.69, 9.17) is 4.74 Å². The minimum absolute atomic E-state index is 0.0149. The molecule has 1 saturated heterocycles. The van der Waals surface area contributed by atoms with Gasteiger partial charge in [0.1, 0.15) is 0 Å².